The molecule has 0 radical (unpaired) electrons. The van der Waals surface area contributed by atoms with Crippen molar-refractivity contribution in [3.63, 3.8) is 0 Å². The van der Waals surface area contributed by atoms with Crippen molar-refractivity contribution in [3.05, 3.63) is 0 Å². The number of nitrogens with one attached hydrogen (secondary N) is 2. The van der Waals surface area contributed by atoms with Crippen LogP contribution in [0, 0.1) is 0 Å². The number of ether oxygens (including phenoxy) is 1. The van der Waals surface area contributed by atoms with Crippen LogP contribution in [-0.4, -0.2) is 38.8 Å². The second-order valence-electron chi connectivity index (χ2n) is 4.65. The summed E-state index contributed by atoms with van der Waals surface area (Å²) in [6.07, 6.45) is 6.05. The lowest BCUT2D eigenvalue weighted by Crippen LogP contribution is -2.42. The molecule has 0 aromatic rings. The Kier molecular flexibility index (Phi) is 17.9. The van der Waals surface area contributed by atoms with E-state index in [1.807, 2.05) is 0 Å². The fourth-order valence-corrected chi connectivity index (χ4v) is 1.73. The predicted molar refractivity (Wildman–Crippen MR) is 94.6 cm³/mol. The first-order chi connectivity index (χ1) is 8.74. The maximum atomic E-state index is 5.02. The first-order valence-corrected chi connectivity index (χ1v) is 7.28. The molecule has 0 aliphatic rings. The van der Waals surface area contributed by atoms with Crippen molar-refractivity contribution in [1.82, 2.24) is 10.6 Å². The first kappa shape index (κ1) is 21.3. The van der Waals surface area contributed by atoms with Gasteiger partial charge in [-0.15, -0.1) is 24.0 Å². The molecule has 0 saturated heterocycles. The zero-order chi connectivity index (χ0) is 13.6. The average Bonchev–Trinajstić information content (AvgIpc) is 2.35. The Labute approximate surface area is 136 Å². The lowest BCUT2D eigenvalue weighted by Gasteiger charge is -2.17. The van der Waals surface area contributed by atoms with Gasteiger partial charge in [-0.05, 0) is 26.7 Å². The van der Waals surface area contributed by atoms with Gasteiger partial charge in [0.15, 0.2) is 5.96 Å². The Morgan fingerprint density at radius 3 is 2.53 bits per heavy atom. The fourth-order valence-electron chi connectivity index (χ4n) is 1.73. The summed E-state index contributed by atoms with van der Waals surface area (Å²) in [5.41, 5.74) is 0. The summed E-state index contributed by atoms with van der Waals surface area (Å²) in [6.45, 7) is 9.03. The van der Waals surface area contributed by atoms with Gasteiger partial charge in [0.05, 0.1) is 0 Å². The maximum Gasteiger partial charge on any atom is 0.191 e. The van der Waals surface area contributed by atoms with E-state index in [1.54, 1.807) is 7.11 Å². The number of rotatable bonds is 10. The monoisotopic (exact) mass is 385 g/mol. The number of unbranched alkanes of at least 4 members (excludes halogenated alkanes) is 2. The van der Waals surface area contributed by atoms with Crippen LogP contribution >= 0.6 is 24.0 Å². The maximum absolute atomic E-state index is 5.02. The summed E-state index contributed by atoms with van der Waals surface area (Å²) in [6, 6.07) is 0.483. The Morgan fingerprint density at radius 2 is 1.95 bits per heavy atom. The highest BCUT2D eigenvalue weighted by atomic mass is 127. The molecule has 0 bridgehead atoms. The summed E-state index contributed by atoms with van der Waals surface area (Å²) in [5.74, 6) is 0.928. The summed E-state index contributed by atoms with van der Waals surface area (Å²) in [5, 5.41) is 6.73. The third-order valence-corrected chi connectivity index (χ3v) is 2.74. The predicted octanol–water partition coefficient (Wildman–Crippen LogP) is 3.16. The van der Waals surface area contributed by atoms with Gasteiger partial charge in [0, 0.05) is 32.8 Å². The van der Waals surface area contributed by atoms with Crippen LogP contribution in [0.2, 0.25) is 0 Å². The molecular weight excluding hydrogens is 353 g/mol. The molecule has 116 valence electrons. The van der Waals surface area contributed by atoms with Crippen molar-refractivity contribution in [3.8, 4) is 0 Å². The third-order valence-electron chi connectivity index (χ3n) is 2.74. The van der Waals surface area contributed by atoms with Gasteiger partial charge in [-0.1, -0.05) is 26.2 Å². The van der Waals surface area contributed by atoms with Gasteiger partial charge in [0.1, 0.15) is 0 Å². The minimum atomic E-state index is 0. The smallest absolute Gasteiger partial charge is 0.191 e. The average molecular weight is 385 g/mol. The van der Waals surface area contributed by atoms with Crippen molar-refractivity contribution in [1.29, 1.82) is 0 Å². The molecule has 0 fully saturated rings. The van der Waals surface area contributed by atoms with Crippen molar-refractivity contribution in [2.45, 2.75) is 58.9 Å². The molecule has 0 aliphatic heterocycles. The van der Waals surface area contributed by atoms with Crippen LogP contribution in [0.5, 0.6) is 0 Å². The molecule has 5 heteroatoms. The molecule has 0 rings (SSSR count). The summed E-state index contributed by atoms with van der Waals surface area (Å²) < 4.78 is 5.02. The fraction of sp³-hybridized carbons (Fsp3) is 0.929. The molecule has 1 atom stereocenters. The van der Waals surface area contributed by atoms with E-state index >= 15 is 0 Å². The van der Waals surface area contributed by atoms with Crippen LogP contribution in [0.25, 0.3) is 0 Å². The number of hydrogen-bond acceptors (Lipinski definition) is 2. The van der Waals surface area contributed by atoms with Gasteiger partial charge in [-0.25, -0.2) is 0 Å². The van der Waals surface area contributed by atoms with Crippen LogP contribution in [0.4, 0.5) is 0 Å². The molecule has 19 heavy (non-hydrogen) atoms. The Balaban J connectivity index is 0. The number of aliphatic imine (C=N–C) groups is 1. The van der Waals surface area contributed by atoms with E-state index in [0.717, 1.165) is 32.1 Å². The standard InChI is InChI=1S/C14H31N3O.HI/c1-5-7-8-10-13(3)17-14(15-6-2)16-11-9-12-18-4;/h13H,5-12H2,1-4H3,(H2,15,16,17);1H. The molecule has 0 aromatic carbocycles. The summed E-state index contributed by atoms with van der Waals surface area (Å²) in [7, 11) is 1.73. The van der Waals surface area contributed by atoms with Crippen LogP contribution < -0.4 is 10.6 Å². The van der Waals surface area contributed by atoms with Crippen LogP contribution in [0.15, 0.2) is 4.99 Å². The second kappa shape index (κ2) is 16.0. The normalized spacial score (nSPS) is 12.7. The van der Waals surface area contributed by atoms with Gasteiger partial charge in [0.2, 0.25) is 0 Å². The summed E-state index contributed by atoms with van der Waals surface area (Å²) >= 11 is 0. The van der Waals surface area contributed by atoms with E-state index < -0.39 is 0 Å². The van der Waals surface area contributed by atoms with Crippen LogP contribution in [0.1, 0.15) is 52.9 Å². The van der Waals surface area contributed by atoms with Crippen LogP contribution in [-0.2, 0) is 4.74 Å². The Morgan fingerprint density at radius 1 is 1.21 bits per heavy atom. The first-order valence-electron chi connectivity index (χ1n) is 7.28. The largest absolute Gasteiger partial charge is 0.385 e. The van der Waals surface area contributed by atoms with Gasteiger partial charge in [-0.3, -0.25) is 4.99 Å². The molecule has 0 aromatic heterocycles. The van der Waals surface area contributed by atoms with E-state index in [-0.39, 0.29) is 24.0 Å². The van der Waals surface area contributed by atoms with Crippen molar-refractivity contribution in [2.75, 3.05) is 26.8 Å². The number of halogens is 1. The number of guanidine groups is 1. The van der Waals surface area contributed by atoms with E-state index in [0.29, 0.717) is 6.04 Å². The quantitative estimate of drug-likeness (QED) is 0.263. The SMILES string of the molecule is CCCCCC(C)NC(=NCCCOC)NCC.I. The van der Waals surface area contributed by atoms with Gasteiger partial charge in [-0.2, -0.15) is 0 Å². The highest BCUT2D eigenvalue weighted by molar-refractivity contribution is 14.0. The highest BCUT2D eigenvalue weighted by Crippen LogP contribution is 2.02. The third kappa shape index (κ3) is 14.2. The van der Waals surface area contributed by atoms with Crippen molar-refractivity contribution >= 4 is 29.9 Å². The number of hydrogen-bond donors (Lipinski definition) is 2. The highest BCUT2D eigenvalue weighted by Gasteiger charge is 2.04. The van der Waals surface area contributed by atoms with E-state index in [1.165, 1.54) is 25.7 Å². The Hall–Kier alpha value is -0.0400. The minimum Gasteiger partial charge on any atom is -0.385 e. The number of nitrogens with zero attached hydrogens (tertiary/aromatic N) is 1. The topological polar surface area (TPSA) is 45.7 Å². The second-order valence-corrected chi connectivity index (χ2v) is 4.65. The van der Waals surface area contributed by atoms with Gasteiger partial charge >= 0.3 is 0 Å². The molecule has 4 nitrogen and oxygen atoms in total. The molecule has 2 N–H and O–H groups in total. The van der Waals surface area contributed by atoms with Crippen molar-refractivity contribution < 1.29 is 4.74 Å². The molecule has 0 heterocycles. The van der Waals surface area contributed by atoms with Crippen LogP contribution in [0.3, 0.4) is 0 Å². The van der Waals surface area contributed by atoms with Gasteiger partial charge in [0.25, 0.3) is 0 Å². The zero-order valence-corrected chi connectivity index (χ0v) is 15.3. The van der Waals surface area contributed by atoms with Gasteiger partial charge < -0.3 is 15.4 Å². The minimum absolute atomic E-state index is 0. The molecular formula is C14H32IN3O. The van der Waals surface area contributed by atoms with E-state index in [2.05, 4.69) is 36.4 Å². The zero-order valence-electron chi connectivity index (χ0n) is 13.0. The molecule has 0 saturated carbocycles. The lowest BCUT2D eigenvalue weighted by molar-refractivity contribution is 0.197. The Bertz CT molecular complexity index is 213. The van der Waals surface area contributed by atoms with E-state index in [9.17, 15) is 0 Å². The molecule has 1 unspecified atom stereocenters. The molecule has 0 aliphatic carbocycles. The lowest BCUT2D eigenvalue weighted by atomic mass is 10.1. The van der Waals surface area contributed by atoms with E-state index in [4.69, 9.17) is 4.74 Å². The summed E-state index contributed by atoms with van der Waals surface area (Å²) in [4.78, 5) is 4.53. The van der Waals surface area contributed by atoms with Crippen molar-refractivity contribution in [2.24, 2.45) is 4.99 Å². The molecule has 0 spiro atoms. The number of methoxy groups -OCH3 is 1. The molecule has 0 amide bonds.